The van der Waals surface area contributed by atoms with E-state index in [2.05, 4.69) is 22.1 Å². The molecule has 1 aromatic heterocycles. The van der Waals surface area contributed by atoms with Gasteiger partial charge in [-0.1, -0.05) is 24.7 Å². The third-order valence-electron chi connectivity index (χ3n) is 5.45. The Morgan fingerprint density at radius 1 is 1.04 bits per heavy atom. The van der Waals surface area contributed by atoms with Crippen LogP contribution in [0.4, 0.5) is 4.39 Å². The summed E-state index contributed by atoms with van der Waals surface area (Å²) < 4.78 is 12.9. The number of hydrogen-bond donors (Lipinski definition) is 1. The summed E-state index contributed by atoms with van der Waals surface area (Å²) in [6, 6.07) is 10.4. The number of nitrogens with zero attached hydrogens (tertiary/aromatic N) is 1. The van der Waals surface area contributed by atoms with Gasteiger partial charge < -0.3 is 5.32 Å². The maximum Gasteiger partial charge on any atom is 0.224 e. The predicted molar refractivity (Wildman–Crippen MR) is 97.7 cm³/mol. The summed E-state index contributed by atoms with van der Waals surface area (Å²) in [4.78, 5) is 16.8. The number of halogens is 1. The van der Waals surface area contributed by atoms with E-state index in [1.165, 1.54) is 25.0 Å². The van der Waals surface area contributed by atoms with Gasteiger partial charge in [0.2, 0.25) is 5.91 Å². The van der Waals surface area contributed by atoms with Gasteiger partial charge in [-0.2, -0.15) is 0 Å². The van der Waals surface area contributed by atoms with Crippen LogP contribution in [-0.2, 0) is 11.2 Å². The quantitative estimate of drug-likeness (QED) is 0.845. The van der Waals surface area contributed by atoms with Crippen molar-refractivity contribution in [3.8, 4) is 11.8 Å². The molecule has 1 saturated carbocycles. The fourth-order valence-corrected chi connectivity index (χ4v) is 4.07. The lowest BCUT2D eigenvalue weighted by Gasteiger charge is -2.26. The molecule has 3 atom stereocenters. The van der Waals surface area contributed by atoms with E-state index >= 15 is 0 Å². The molecule has 3 nitrogen and oxygen atoms in total. The number of nitrogens with one attached hydrogen (secondary N) is 1. The SMILES string of the molecule is O=C1NC2CCCCC2[C@@H]1Cc1ccc(C#Cc2ccc(F)cc2)cn1. The Bertz CT molecular complexity index is 848. The van der Waals surface area contributed by atoms with Crippen molar-refractivity contribution in [1.29, 1.82) is 0 Å². The van der Waals surface area contributed by atoms with E-state index in [-0.39, 0.29) is 17.6 Å². The molecular weight excluding hydrogens is 327 g/mol. The minimum Gasteiger partial charge on any atom is -0.353 e. The van der Waals surface area contributed by atoms with E-state index in [0.717, 1.165) is 29.7 Å². The fourth-order valence-electron chi connectivity index (χ4n) is 4.07. The van der Waals surface area contributed by atoms with Crippen LogP contribution in [0.5, 0.6) is 0 Å². The molecule has 4 heteroatoms. The molecule has 4 rings (SSSR count). The van der Waals surface area contributed by atoms with E-state index in [4.69, 9.17) is 0 Å². The van der Waals surface area contributed by atoms with Crippen LogP contribution in [-0.4, -0.2) is 16.9 Å². The van der Waals surface area contributed by atoms with Gasteiger partial charge in [0.25, 0.3) is 0 Å². The van der Waals surface area contributed by atoms with Gasteiger partial charge in [-0.3, -0.25) is 9.78 Å². The highest BCUT2D eigenvalue weighted by Crippen LogP contribution is 2.36. The maximum absolute atomic E-state index is 12.9. The average molecular weight is 348 g/mol. The highest BCUT2D eigenvalue weighted by atomic mass is 19.1. The molecular formula is C22H21FN2O. The number of aromatic nitrogens is 1. The second kappa shape index (κ2) is 7.29. The van der Waals surface area contributed by atoms with E-state index in [1.807, 2.05) is 12.1 Å². The number of benzene rings is 1. The lowest BCUT2D eigenvalue weighted by Crippen LogP contribution is -2.31. The van der Waals surface area contributed by atoms with Gasteiger partial charge in [0.1, 0.15) is 5.82 Å². The fraction of sp³-hybridized carbons (Fsp3) is 0.364. The number of fused-ring (bicyclic) bond motifs is 1. The zero-order chi connectivity index (χ0) is 17.9. The van der Waals surface area contributed by atoms with Crippen LogP contribution in [0.3, 0.4) is 0 Å². The molecule has 0 spiro atoms. The highest BCUT2D eigenvalue weighted by molar-refractivity contribution is 5.82. The Hall–Kier alpha value is -2.67. The van der Waals surface area contributed by atoms with Gasteiger partial charge >= 0.3 is 0 Å². The van der Waals surface area contributed by atoms with Crippen LogP contribution >= 0.6 is 0 Å². The first-order chi connectivity index (χ1) is 12.7. The summed E-state index contributed by atoms with van der Waals surface area (Å²) >= 11 is 0. The second-order valence-corrected chi connectivity index (χ2v) is 7.17. The molecule has 26 heavy (non-hydrogen) atoms. The van der Waals surface area contributed by atoms with Gasteiger partial charge in [0.05, 0.1) is 0 Å². The normalized spacial score (nSPS) is 24.3. The third-order valence-corrected chi connectivity index (χ3v) is 5.45. The van der Waals surface area contributed by atoms with E-state index in [0.29, 0.717) is 18.4 Å². The third kappa shape index (κ3) is 3.62. The first kappa shape index (κ1) is 16.8. The topological polar surface area (TPSA) is 42.0 Å². The Kier molecular flexibility index (Phi) is 4.71. The van der Waals surface area contributed by atoms with Crippen molar-refractivity contribution >= 4 is 5.91 Å². The number of pyridine rings is 1. The Morgan fingerprint density at radius 3 is 2.54 bits per heavy atom. The molecule has 2 fully saturated rings. The van der Waals surface area contributed by atoms with Crippen LogP contribution < -0.4 is 5.32 Å². The van der Waals surface area contributed by atoms with Crippen molar-refractivity contribution < 1.29 is 9.18 Å². The van der Waals surface area contributed by atoms with Crippen LogP contribution in [0.2, 0.25) is 0 Å². The summed E-state index contributed by atoms with van der Waals surface area (Å²) in [6.45, 7) is 0. The molecule has 2 aromatic rings. The summed E-state index contributed by atoms with van der Waals surface area (Å²) in [5.74, 6) is 6.46. The van der Waals surface area contributed by atoms with Gasteiger partial charge in [-0.05, 0) is 55.2 Å². The highest BCUT2D eigenvalue weighted by Gasteiger charge is 2.42. The van der Waals surface area contributed by atoms with Crippen molar-refractivity contribution in [3.05, 3.63) is 65.2 Å². The number of hydrogen-bond acceptors (Lipinski definition) is 2. The van der Waals surface area contributed by atoms with E-state index in [9.17, 15) is 9.18 Å². The lowest BCUT2D eigenvalue weighted by atomic mass is 9.78. The predicted octanol–water partition coefficient (Wildman–Crippen LogP) is 3.47. The molecule has 1 amide bonds. The lowest BCUT2D eigenvalue weighted by molar-refractivity contribution is -0.123. The van der Waals surface area contributed by atoms with Gasteiger partial charge in [-0.15, -0.1) is 0 Å². The molecule has 1 aliphatic carbocycles. The van der Waals surface area contributed by atoms with Crippen molar-refractivity contribution in [3.63, 3.8) is 0 Å². The molecule has 1 aliphatic heterocycles. The molecule has 0 bridgehead atoms. The van der Waals surface area contributed by atoms with Crippen molar-refractivity contribution in [2.45, 2.75) is 38.1 Å². The van der Waals surface area contributed by atoms with Gasteiger partial charge in [0.15, 0.2) is 0 Å². The largest absolute Gasteiger partial charge is 0.353 e. The van der Waals surface area contributed by atoms with E-state index < -0.39 is 0 Å². The average Bonchev–Trinajstić information content (AvgIpc) is 2.98. The minimum atomic E-state index is -0.266. The Morgan fingerprint density at radius 2 is 1.77 bits per heavy atom. The maximum atomic E-state index is 12.9. The standard InChI is InChI=1S/C22H21FN2O/c23-17-10-7-15(8-11-17)5-6-16-9-12-18(24-14-16)13-20-19-3-1-2-4-21(19)25-22(20)26/h7-12,14,19-21H,1-4,13H2,(H,25,26)/t19?,20-,21?/m0/s1. The Balaban J connectivity index is 1.43. The van der Waals surface area contributed by atoms with Crippen molar-refractivity contribution in [1.82, 2.24) is 10.3 Å². The number of carbonyl (C=O) groups excluding carboxylic acids is 1. The molecule has 1 aromatic carbocycles. The zero-order valence-electron chi connectivity index (χ0n) is 14.5. The smallest absolute Gasteiger partial charge is 0.224 e. The number of rotatable bonds is 2. The Labute approximate surface area is 153 Å². The van der Waals surface area contributed by atoms with Gasteiger partial charge in [0, 0.05) is 41.4 Å². The molecule has 1 N–H and O–H groups in total. The van der Waals surface area contributed by atoms with E-state index in [1.54, 1.807) is 18.3 Å². The summed E-state index contributed by atoms with van der Waals surface area (Å²) in [7, 11) is 0. The summed E-state index contributed by atoms with van der Waals surface area (Å²) in [6.07, 6.45) is 7.12. The van der Waals surface area contributed by atoms with Crippen LogP contribution in [0.1, 0.15) is 42.5 Å². The molecule has 2 unspecified atom stereocenters. The molecule has 1 saturated heterocycles. The molecule has 132 valence electrons. The summed E-state index contributed by atoms with van der Waals surface area (Å²) in [5.41, 5.74) is 2.51. The number of amides is 1. The first-order valence-corrected chi connectivity index (χ1v) is 9.22. The monoisotopic (exact) mass is 348 g/mol. The van der Waals surface area contributed by atoms with Crippen molar-refractivity contribution in [2.75, 3.05) is 0 Å². The molecule has 2 aliphatic rings. The minimum absolute atomic E-state index is 0.0453. The first-order valence-electron chi connectivity index (χ1n) is 9.22. The van der Waals surface area contributed by atoms with Crippen LogP contribution in [0, 0.1) is 29.5 Å². The van der Waals surface area contributed by atoms with Crippen LogP contribution in [0.25, 0.3) is 0 Å². The second-order valence-electron chi connectivity index (χ2n) is 7.17. The van der Waals surface area contributed by atoms with Gasteiger partial charge in [-0.25, -0.2) is 4.39 Å². The number of carbonyl (C=O) groups is 1. The summed E-state index contributed by atoms with van der Waals surface area (Å²) in [5, 5.41) is 3.16. The van der Waals surface area contributed by atoms with Crippen LogP contribution in [0.15, 0.2) is 42.6 Å². The zero-order valence-corrected chi connectivity index (χ0v) is 14.5. The molecule has 0 radical (unpaired) electrons. The molecule has 2 heterocycles. The van der Waals surface area contributed by atoms with Crippen molar-refractivity contribution in [2.24, 2.45) is 11.8 Å².